The average Bonchev–Trinajstić information content (AvgIpc) is 2.76. The van der Waals surface area contributed by atoms with Gasteiger partial charge >= 0.3 is 0 Å². The van der Waals surface area contributed by atoms with Gasteiger partial charge in [-0.2, -0.15) is 0 Å². The first-order valence-electron chi connectivity index (χ1n) is 9.83. The minimum Gasteiger partial charge on any atom is -0.387 e. The van der Waals surface area contributed by atoms with Crippen molar-refractivity contribution in [3.05, 3.63) is 76.8 Å². The molecule has 156 valence electrons. The number of carbonyl (C=O) groups is 1. The van der Waals surface area contributed by atoms with Crippen molar-refractivity contribution in [2.75, 3.05) is 0 Å². The van der Waals surface area contributed by atoms with Gasteiger partial charge in [-0.25, -0.2) is 8.78 Å². The quantitative estimate of drug-likeness (QED) is 0.602. The van der Waals surface area contributed by atoms with E-state index in [0.717, 1.165) is 5.39 Å². The molecule has 1 atom stereocenters. The van der Waals surface area contributed by atoms with E-state index >= 15 is 0 Å². The number of rotatable bonds is 4. The summed E-state index contributed by atoms with van der Waals surface area (Å²) >= 11 is 6.20. The third-order valence-electron chi connectivity index (χ3n) is 5.81. The van der Waals surface area contributed by atoms with E-state index in [1.807, 2.05) is 6.07 Å². The summed E-state index contributed by atoms with van der Waals surface area (Å²) in [5.41, 5.74) is -0.803. The molecular formula is C23H21ClF2N2O2. The van der Waals surface area contributed by atoms with Crippen molar-refractivity contribution in [2.45, 2.75) is 43.5 Å². The number of benzene rings is 2. The Bertz CT molecular complexity index is 1080. The topological polar surface area (TPSA) is 62.2 Å². The number of carbonyl (C=O) groups excluding carboxylic acids is 1. The van der Waals surface area contributed by atoms with Crippen LogP contribution in [0.1, 0.15) is 47.6 Å². The van der Waals surface area contributed by atoms with Gasteiger partial charge < -0.3 is 10.4 Å². The molecule has 0 spiro atoms. The Morgan fingerprint density at radius 3 is 2.70 bits per heavy atom. The van der Waals surface area contributed by atoms with Crippen LogP contribution in [0.4, 0.5) is 8.78 Å². The summed E-state index contributed by atoms with van der Waals surface area (Å²) in [6, 6.07) is 10.3. The standard InChI is InChI=1S/C23H21ClF2N2O2/c24-20-17(5-2-6-19(20)26)21(23(30)10-7-15(25)8-11-23)28-22(29)16-4-1-3-14-9-12-27-13-18(14)16/h1-6,9,12-13,15,21,30H,7-8,10-11H2,(H,28,29). The number of alkyl halides is 1. The molecule has 2 N–H and O–H groups in total. The molecular weight excluding hydrogens is 410 g/mol. The number of nitrogens with zero attached hydrogens (tertiary/aromatic N) is 1. The minimum absolute atomic E-state index is 0.128. The molecule has 3 aromatic rings. The number of hydrogen-bond acceptors (Lipinski definition) is 3. The van der Waals surface area contributed by atoms with Crippen LogP contribution in [0.15, 0.2) is 54.9 Å². The fraction of sp³-hybridized carbons (Fsp3) is 0.304. The van der Waals surface area contributed by atoms with Crippen LogP contribution in [-0.4, -0.2) is 27.8 Å². The second-order valence-electron chi connectivity index (χ2n) is 7.73. The van der Waals surface area contributed by atoms with Crippen LogP contribution in [0.25, 0.3) is 10.8 Å². The molecule has 0 aliphatic heterocycles. The highest BCUT2D eigenvalue weighted by atomic mass is 35.5. The zero-order valence-corrected chi connectivity index (χ0v) is 16.9. The molecule has 4 nitrogen and oxygen atoms in total. The molecule has 1 aromatic heterocycles. The first kappa shape index (κ1) is 20.7. The number of aliphatic hydroxyl groups is 1. The highest BCUT2D eigenvalue weighted by Gasteiger charge is 2.43. The Labute approximate surface area is 177 Å². The van der Waals surface area contributed by atoms with Gasteiger partial charge in [0.15, 0.2) is 0 Å². The van der Waals surface area contributed by atoms with Crippen molar-refractivity contribution < 1.29 is 18.7 Å². The summed E-state index contributed by atoms with van der Waals surface area (Å²) in [5.74, 6) is -1.10. The van der Waals surface area contributed by atoms with Crippen molar-refractivity contribution in [2.24, 2.45) is 0 Å². The van der Waals surface area contributed by atoms with E-state index in [9.17, 15) is 18.7 Å². The predicted octanol–water partition coefficient (Wildman–Crippen LogP) is 5.14. The predicted molar refractivity (Wildman–Crippen MR) is 112 cm³/mol. The van der Waals surface area contributed by atoms with Gasteiger partial charge in [0.25, 0.3) is 5.91 Å². The van der Waals surface area contributed by atoms with Crippen LogP contribution >= 0.6 is 11.6 Å². The number of nitrogens with one attached hydrogen (secondary N) is 1. The number of halogens is 3. The van der Waals surface area contributed by atoms with Crippen LogP contribution in [0.5, 0.6) is 0 Å². The maximum absolute atomic E-state index is 14.2. The molecule has 1 saturated carbocycles. The van der Waals surface area contributed by atoms with Gasteiger partial charge in [-0.15, -0.1) is 0 Å². The van der Waals surface area contributed by atoms with E-state index in [0.29, 0.717) is 10.9 Å². The normalized spacial score (nSPS) is 22.6. The van der Waals surface area contributed by atoms with Gasteiger partial charge in [-0.3, -0.25) is 9.78 Å². The third-order valence-corrected chi connectivity index (χ3v) is 6.21. The SMILES string of the molecule is O=C(NC(c1cccc(F)c1Cl)C1(O)CCC(F)CC1)c1cccc2ccncc12. The lowest BCUT2D eigenvalue weighted by Gasteiger charge is -2.41. The van der Waals surface area contributed by atoms with E-state index in [1.54, 1.807) is 36.7 Å². The smallest absolute Gasteiger partial charge is 0.252 e. The van der Waals surface area contributed by atoms with Crippen molar-refractivity contribution in [1.29, 1.82) is 0 Å². The Morgan fingerprint density at radius 2 is 1.93 bits per heavy atom. The summed E-state index contributed by atoms with van der Waals surface area (Å²) in [6.45, 7) is 0. The van der Waals surface area contributed by atoms with Crippen LogP contribution in [0.3, 0.4) is 0 Å². The number of amides is 1. The summed E-state index contributed by atoms with van der Waals surface area (Å²) in [4.78, 5) is 17.3. The first-order valence-corrected chi connectivity index (χ1v) is 10.2. The van der Waals surface area contributed by atoms with Crippen LogP contribution in [0.2, 0.25) is 5.02 Å². The second-order valence-corrected chi connectivity index (χ2v) is 8.11. The fourth-order valence-corrected chi connectivity index (χ4v) is 4.37. The Hall–Kier alpha value is -2.57. The number of aromatic nitrogens is 1. The summed E-state index contributed by atoms with van der Waals surface area (Å²) in [6.07, 6.45) is 2.80. The Morgan fingerprint density at radius 1 is 1.20 bits per heavy atom. The third kappa shape index (κ3) is 3.89. The molecule has 0 radical (unpaired) electrons. The van der Waals surface area contributed by atoms with Gasteiger partial charge in [0.1, 0.15) is 12.0 Å². The summed E-state index contributed by atoms with van der Waals surface area (Å²) < 4.78 is 27.9. The van der Waals surface area contributed by atoms with Gasteiger partial charge in [0, 0.05) is 23.3 Å². The number of fused-ring (bicyclic) bond motifs is 1. The van der Waals surface area contributed by atoms with E-state index in [1.165, 1.54) is 12.1 Å². The monoisotopic (exact) mass is 430 g/mol. The van der Waals surface area contributed by atoms with Crippen molar-refractivity contribution in [1.82, 2.24) is 10.3 Å². The van der Waals surface area contributed by atoms with Crippen molar-refractivity contribution in [3.8, 4) is 0 Å². The average molecular weight is 431 g/mol. The lowest BCUT2D eigenvalue weighted by atomic mass is 9.76. The summed E-state index contributed by atoms with van der Waals surface area (Å²) in [5, 5.41) is 15.5. The van der Waals surface area contributed by atoms with Crippen LogP contribution < -0.4 is 5.32 Å². The highest BCUT2D eigenvalue weighted by molar-refractivity contribution is 6.31. The molecule has 7 heteroatoms. The fourth-order valence-electron chi connectivity index (χ4n) is 4.14. The van der Waals surface area contributed by atoms with Gasteiger partial charge in [0.2, 0.25) is 0 Å². The van der Waals surface area contributed by atoms with E-state index in [2.05, 4.69) is 10.3 Å². The van der Waals surface area contributed by atoms with Crippen LogP contribution in [-0.2, 0) is 0 Å². The number of hydrogen-bond donors (Lipinski definition) is 2. The van der Waals surface area contributed by atoms with Crippen molar-refractivity contribution >= 4 is 28.3 Å². The maximum Gasteiger partial charge on any atom is 0.252 e. The molecule has 0 saturated heterocycles. The second kappa shape index (κ2) is 8.28. The van der Waals surface area contributed by atoms with Gasteiger partial charge in [-0.05, 0) is 54.8 Å². The van der Waals surface area contributed by atoms with Gasteiger partial charge in [-0.1, -0.05) is 35.9 Å². The maximum atomic E-state index is 14.2. The van der Waals surface area contributed by atoms with Gasteiger partial charge in [0.05, 0.1) is 16.7 Å². The Kier molecular flexibility index (Phi) is 5.71. The molecule has 1 aliphatic carbocycles. The van der Waals surface area contributed by atoms with E-state index in [4.69, 9.17) is 11.6 Å². The van der Waals surface area contributed by atoms with Crippen molar-refractivity contribution in [3.63, 3.8) is 0 Å². The lowest BCUT2D eigenvalue weighted by molar-refractivity contribution is -0.0445. The zero-order chi connectivity index (χ0) is 21.3. The molecule has 30 heavy (non-hydrogen) atoms. The largest absolute Gasteiger partial charge is 0.387 e. The molecule has 1 fully saturated rings. The molecule has 1 heterocycles. The number of pyridine rings is 1. The minimum atomic E-state index is -1.45. The van der Waals surface area contributed by atoms with E-state index in [-0.39, 0.29) is 36.3 Å². The molecule has 2 aromatic carbocycles. The lowest BCUT2D eigenvalue weighted by Crippen LogP contribution is -2.48. The molecule has 1 aliphatic rings. The molecule has 0 bridgehead atoms. The zero-order valence-electron chi connectivity index (χ0n) is 16.1. The van der Waals surface area contributed by atoms with E-state index < -0.39 is 29.5 Å². The summed E-state index contributed by atoms with van der Waals surface area (Å²) in [7, 11) is 0. The Balaban J connectivity index is 1.74. The molecule has 1 amide bonds. The first-order chi connectivity index (χ1) is 14.4. The molecule has 4 rings (SSSR count). The van der Waals surface area contributed by atoms with Crippen LogP contribution in [0, 0.1) is 5.82 Å². The molecule has 1 unspecified atom stereocenters. The highest BCUT2D eigenvalue weighted by Crippen LogP contribution is 2.42.